The molecule has 2 aliphatic rings. The molecule has 5 rings (SSSR count). The average molecular weight is 687 g/mol. The van der Waals surface area contributed by atoms with E-state index in [9.17, 15) is 36.0 Å². The first-order valence-electron chi connectivity index (χ1n) is 15.7. The van der Waals surface area contributed by atoms with Crippen LogP contribution < -0.4 is 15.5 Å². The van der Waals surface area contributed by atoms with Crippen molar-refractivity contribution in [2.75, 3.05) is 43.1 Å². The van der Waals surface area contributed by atoms with Crippen molar-refractivity contribution < 1.29 is 40.7 Å². The highest BCUT2D eigenvalue weighted by molar-refractivity contribution is 7.89. The standard InChI is InChI=1S/C34H37F3N4O6S/c1-23(42)25-10-8-24(9-11-25)21-30(32(43)38-27-12-14-28(15-13-27)40-17-19-47-20-18-40)39-33(44)31-7-2-3-16-41(31)48(45,46)29-6-4-5-26(22-29)34(35,36)37/h4-6,8-15,22,30-31H,2-3,7,16-21H2,1H3,(H,38,43)(H,39,44)/t30-,31-/m0/s1. The van der Waals surface area contributed by atoms with Crippen LogP contribution in [0, 0.1) is 0 Å². The number of halogens is 3. The SMILES string of the molecule is CC(=O)c1ccc(C[C@H](NC(=O)[C@@H]2CCCCN2S(=O)(=O)c2cccc(C(F)(F)F)c2)C(=O)Nc2ccc(N3CCOCC3)cc2)cc1. The zero-order valence-corrected chi connectivity index (χ0v) is 27.1. The third-order valence-electron chi connectivity index (χ3n) is 8.47. The Morgan fingerprint density at radius 2 is 1.62 bits per heavy atom. The molecular weight excluding hydrogens is 649 g/mol. The molecule has 0 aromatic heterocycles. The van der Waals surface area contributed by atoms with Gasteiger partial charge in [-0.1, -0.05) is 36.8 Å². The molecule has 10 nitrogen and oxygen atoms in total. The summed E-state index contributed by atoms with van der Waals surface area (Å²) in [6, 6.07) is 14.8. The molecule has 0 saturated carbocycles. The van der Waals surface area contributed by atoms with Gasteiger partial charge in [0.05, 0.1) is 23.7 Å². The topological polar surface area (TPSA) is 125 Å². The first kappa shape index (κ1) is 35.0. The number of ketones is 1. The highest BCUT2D eigenvalue weighted by Gasteiger charge is 2.40. The number of hydrogen-bond donors (Lipinski definition) is 2. The second-order valence-corrected chi connectivity index (χ2v) is 13.7. The molecule has 0 spiro atoms. The van der Waals surface area contributed by atoms with Crippen LogP contribution in [0.25, 0.3) is 0 Å². The van der Waals surface area contributed by atoms with Gasteiger partial charge in [0.15, 0.2) is 5.78 Å². The normalized spacial score (nSPS) is 18.2. The van der Waals surface area contributed by atoms with Gasteiger partial charge in [-0.3, -0.25) is 14.4 Å². The fourth-order valence-electron chi connectivity index (χ4n) is 5.82. The molecule has 2 heterocycles. The maximum absolute atomic E-state index is 13.8. The number of hydrogen-bond acceptors (Lipinski definition) is 7. The monoisotopic (exact) mass is 686 g/mol. The van der Waals surface area contributed by atoms with E-state index in [2.05, 4.69) is 15.5 Å². The lowest BCUT2D eigenvalue weighted by molar-refractivity contribution is -0.137. The number of benzene rings is 3. The van der Waals surface area contributed by atoms with E-state index in [-0.39, 0.29) is 25.2 Å². The minimum absolute atomic E-state index is 0.0225. The number of morpholine rings is 1. The number of alkyl halides is 3. The summed E-state index contributed by atoms with van der Waals surface area (Å²) in [4.78, 5) is 40.8. The van der Waals surface area contributed by atoms with E-state index in [1.165, 1.54) is 6.92 Å². The second kappa shape index (κ2) is 14.9. The van der Waals surface area contributed by atoms with Gasteiger partial charge in [-0.2, -0.15) is 17.5 Å². The van der Waals surface area contributed by atoms with Gasteiger partial charge in [-0.15, -0.1) is 0 Å². The van der Waals surface area contributed by atoms with Crippen LogP contribution in [-0.2, 0) is 36.9 Å². The quantitative estimate of drug-likeness (QED) is 0.298. The Morgan fingerprint density at radius 3 is 2.27 bits per heavy atom. The molecule has 14 heteroatoms. The van der Waals surface area contributed by atoms with E-state index < -0.39 is 50.6 Å². The molecule has 2 aliphatic heterocycles. The van der Waals surface area contributed by atoms with Crippen LogP contribution in [0.5, 0.6) is 0 Å². The van der Waals surface area contributed by atoms with Crippen molar-refractivity contribution in [1.29, 1.82) is 0 Å². The van der Waals surface area contributed by atoms with Crippen LogP contribution in [0.1, 0.15) is 47.7 Å². The highest BCUT2D eigenvalue weighted by Crippen LogP contribution is 2.33. The van der Waals surface area contributed by atoms with Crippen LogP contribution in [0.3, 0.4) is 0 Å². The van der Waals surface area contributed by atoms with Gasteiger partial charge in [0.25, 0.3) is 0 Å². The van der Waals surface area contributed by atoms with Crippen LogP contribution in [-0.4, -0.2) is 75.3 Å². The van der Waals surface area contributed by atoms with Crippen LogP contribution in [0.15, 0.2) is 77.7 Å². The lowest BCUT2D eigenvalue weighted by Gasteiger charge is -2.34. The van der Waals surface area contributed by atoms with Crippen molar-refractivity contribution in [3.05, 3.63) is 89.5 Å². The number of ether oxygens (including phenoxy) is 1. The van der Waals surface area contributed by atoms with Crippen molar-refractivity contribution >= 4 is 39.0 Å². The average Bonchev–Trinajstić information content (AvgIpc) is 3.08. The number of amides is 2. The summed E-state index contributed by atoms with van der Waals surface area (Å²) in [6.07, 6.45) is -3.69. The summed E-state index contributed by atoms with van der Waals surface area (Å²) in [5, 5.41) is 5.55. The molecule has 3 aromatic carbocycles. The molecule has 2 atom stereocenters. The van der Waals surface area contributed by atoms with Gasteiger partial charge in [-0.05, 0) is 67.8 Å². The Hall–Kier alpha value is -4.27. The zero-order valence-electron chi connectivity index (χ0n) is 26.3. The molecule has 2 fully saturated rings. The van der Waals surface area contributed by atoms with E-state index >= 15 is 0 Å². The number of Topliss-reactive ketones (excluding diaryl/α,β-unsaturated/α-hetero) is 1. The lowest BCUT2D eigenvalue weighted by atomic mass is 10.0. The second-order valence-electron chi connectivity index (χ2n) is 11.8. The minimum atomic E-state index is -4.75. The molecule has 0 radical (unpaired) electrons. The minimum Gasteiger partial charge on any atom is -0.378 e. The molecule has 0 bridgehead atoms. The van der Waals surface area contributed by atoms with Crippen LogP contribution in [0.2, 0.25) is 0 Å². The molecular formula is C34H37F3N4O6S. The molecule has 0 aliphatic carbocycles. The Balaban J connectivity index is 1.37. The number of carbonyl (C=O) groups is 3. The Labute approximate surface area is 277 Å². The molecule has 2 saturated heterocycles. The number of rotatable bonds is 10. The van der Waals surface area contributed by atoms with Gasteiger partial charge in [-0.25, -0.2) is 8.42 Å². The molecule has 2 amide bonds. The van der Waals surface area contributed by atoms with Crippen molar-refractivity contribution in [2.24, 2.45) is 0 Å². The molecule has 0 unspecified atom stereocenters. The van der Waals surface area contributed by atoms with Crippen LogP contribution >= 0.6 is 0 Å². The number of carbonyl (C=O) groups excluding carboxylic acids is 3. The first-order chi connectivity index (χ1) is 22.8. The maximum atomic E-state index is 13.8. The van der Waals surface area contributed by atoms with Crippen molar-refractivity contribution in [3.8, 4) is 0 Å². The predicted molar refractivity (Wildman–Crippen MR) is 173 cm³/mol. The summed E-state index contributed by atoms with van der Waals surface area (Å²) in [5.74, 6) is -1.43. The van der Waals surface area contributed by atoms with Gasteiger partial charge in [0.2, 0.25) is 21.8 Å². The maximum Gasteiger partial charge on any atom is 0.416 e. The van der Waals surface area contributed by atoms with Crippen LogP contribution in [0.4, 0.5) is 24.5 Å². The van der Waals surface area contributed by atoms with Gasteiger partial charge in [0, 0.05) is 43.0 Å². The smallest absolute Gasteiger partial charge is 0.378 e. The Kier molecular flexibility index (Phi) is 10.9. The Bertz CT molecular complexity index is 1730. The molecule has 48 heavy (non-hydrogen) atoms. The van der Waals surface area contributed by atoms with E-state index in [1.54, 1.807) is 36.4 Å². The van der Waals surface area contributed by atoms with Crippen molar-refractivity contribution in [3.63, 3.8) is 0 Å². The summed E-state index contributed by atoms with van der Waals surface area (Å²) in [6.45, 7) is 4.07. The first-order valence-corrected chi connectivity index (χ1v) is 17.1. The number of anilines is 2. The van der Waals surface area contributed by atoms with E-state index in [1.807, 2.05) is 12.1 Å². The lowest BCUT2D eigenvalue weighted by Crippen LogP contribution is -2.56. The summed E-state index contributed by atoms with van der Waals surface area (Å²) in [5.41, 5.74) is 1.44. The summed E-state index contributed by atoms with van der Waals surface area (Å²) >= 11 is 0. The predicted octanol–water partition coefficient (Wildman–Crippen LogP) is 4.65. The highest BCUT2D eigenvalue weighted by atomic mass is 32.2. The van der Waals surface area contributed by atoms with Crippen molar-refractivity contribution in [2.45, 2.75) is 55.8 Å². The van der Waals surface area contributed by atoms with Gasteiger partial charge in [0.1, 0.15) is 12.1 Å². The number of nitrogens with zero attached hydrogens (tertiary/aromatic N) is 2. The zero-order chi connectivity index (χ0) is 34.5. The molecule has 2 N–H and O–H groups in total. The van der Waals surface area contributed by atoms with Gasteiger partial charge < -0.3 is 20.3 Å². The third-order valence-corrected chi connectivity index (χ3v) is 10.4. The van der Waals surface area contributed by atoms with E-state index in [4.69, 9.17) is 4.74 Å². The Morgan fingerprint density at radius 1 is 0.938 bits per heavy atom. The number of nitrogens with one attached hydrogen (secondary N) is 2. The number of sulfonamides is 1. The summed E-state index contributed by atoms with van der Waals surface area (Å²) in [7, 11) is -4.50. The largest absolute Gasteiger partial charge is 0.416 e. The van der Waals surface area contributed by atoms with Gasteiger partial charge >= 0.3 is 6.18 Å². The third kappa shape index (κ3) is 8.41. The van der Waals surface area contributed by atoms with Crippen molar-refractivity contribution in [1.82, 2.24) is 9.62 Å². The fourth-order valence-corrected chi connectivity index (χ4v) is 7.52. The number of piperidine rings is 1. The molecule has 256 valence electrons. The van der Waals surface area contributed by atoms with E-state index in [0.717, 1.165) is 41.3 Å². The van der Waals surface area contributed by atoms with E-state index in [0.29, 0.717) is 48.9 Å². The molecule has 3 aromatic rings. The summed E-state index contributed by atoms with van der Waals surface area (Å²) < 4.78 is 73.7. The fraction of sp³-hybridized carbons (Fsp3) is 0.382.